The molecule has 0 aromatic heterocycles. The molecule has 2 saturated carbocycles. The normalized spacial score (nSPS) is 30.6. The molecule has 0 spiro atoms. The van der Waals surface area contributed by atoms with Crippen LogP contribution < -0.4 is 5.32 Å². The lowest BCUT2D eigenvalue weighted by atomic mass is 9.82. The minimum atomic E-state index is 0.862. The van der Waals surface area contributed by atoms with E-state index in [0.29, 0.717) is 0 Å². The van der Waals surface area contributed by atoms with Crippen LogP contribution in [0.2, 0.25) is 0 Å². The Kier molecular flexibility index (Phi) is 5.15. The van der Waals surface area contributed by atoms with Crippen LogP contribution in [0.15, 0.2) is 0 Å². The maximum atomic E-state index is 3.79. The molecule has 2 aliphatic rings. The second-order valence-electron chi connectivity index (χ2n) is 5.98. The first-order valence-electron chi connectivity index (χ1n) is 7.63. The molecule has 16 heavy (non-hydrogen) atoms. The lowest BCUT2D eigenvalue weighted by Crippen LogP contribution is -2.35. The Morgan fingerprint density at radius 2 is 1.81 bits per heavy atom. The van der Waals surface area contributed by atoms with E-state index in [2.05, 4.69) is 12.2 Å². The number of rotatable bonds is 7. The van der Waals surface area contributed by atoms with Crippen molar-refractivity contribution in [1.29, 1.82) is 0 Å². The lowest BCUT2D eigenvalue weighted by molar-refractivity contribution is 0.260. The zero-order valence-corrected chi connectivity index (χ0v) is 11.0. The largest absolute Gasteiger partial charge is 0.314 e. The van der Waals surface area contributed by atoms with Crippen molar-refractivity contribution in [2.45, 2.75) is 77.2 Å². The average Bonchev–Trinajstić information content (AvgIpc) is 3.13. The highest BCUT2D eigenvalue weighted by Crippen LogP contribution is 2.43. The van der Waals surface area contributed by atoms with E-state index in [1.165, 1.54) is 70.8 Å². The number of hydrogen-bond donors (Lipinski definition) is 1. The molecule has 0 radical (unpaired) electrons. The molecule has 2 rings (SSSR count). The SMILES string of the molecule is CCCCCCNC1CCCC(C2CC2)C1. The summed E-state index contributed by atoms with van der Waals surface area (Å²) in [5, 5.41) is 3.79. The van der Waals surface area contributed by atoms with Crippen molar-refractivity contribution >= 4 is 0 Å². The van der Waals surface area contributed by atoms with Crippen LogP contribution in [0.4, 0.5) is 0 Å². The standard InChI is InChI=1S/C15H29N/c1-2-3-4-5-11-16-15-8-6-7-14(12-15)13-9-10-13/h13-16H,2-12H2,1H3. The van der Waals surface area contributed by atoms with Gasteiger partial charge < -0.3 is 5.32 Å². The van der Waals surface area contributed by atoms with Gasteiger partial charge in [-0.15, -0.1) is 0 Å². The molecule has 0 bridgehead atoms. The molecule has 0 heterocycles. The predicted molar refractivity (Wildman–Crippen MR) is 70.6 cm³/mol. The van der Waals surface area contributed by atoms with Gasteiger partial charge >= 0.3 is 0 Å². The molecule has 1 N–H and O–H groups in total. The van der Waals surface area contributed by atoms with Crippen LogP contribution in [0.3, 0.4) is 0 Å². The lowest BCUT2D eigenvalue weighted by Gasteiger charge is -2.30. The van der Waals surface area contributed by atoms with Gasteiger partial charge in [0.05, 0.1) is 0 Å². The van der Waals surface area contributed by atoms with E-state index in [1.807, 2.05) is 0 Å². The van der Waals surface area contributed by atoms with Gasteiger partial charge in [0, 0.05) is 6.04 Å². The average molecular weight is 223 g/mol. The Morgan fingerprint density at radius 3 is 2.56 bits per heavy atom. The molecule has 0 amide bonds. The fourth-order valence-corrected chi connectivity index (χ4v) is 3.27. The van der Waals surface area contributed by atoms with Gasteiger partial charge in [-0.3, -0.25) is 0 Å². The van der Waals surface area contributed by atoms with Gasteiger partial charge in [0.1, 0.15) is 0 Å². The first-order chi connectivity index (χ1) is 7.90. The van der Waals surface area contributed by atoms with Crippen molar-refractivity contribution < 1.29 is 0 Å². The second-order valence-corrected chi connectivity index (χ2v) is 5.98. The summed E-state index contributed by atoms with van der Waals surface area (Å²) in [5.74, 6) is 2.21. The number of hydrogen-bond acceptors (Lipinski definition) is 1. The molecule has 1 heteroatoms. The molecule has 0 aromatic rings. The fourth-order valence-electron chi connectivity index (χ4n) is 3.27. The van der Waals surface area contributed by atoms with Crippen molar-refractivity contribution in [3.05, 3.63) is 0 Å². The zero-order chi connectivity index (χ0) is 11.2. The van der Waals surface area contributed by atoms with Crippen molar-refractivity contribution in [1.82, 2.24) is 5.32 Å². The maximum absolute atomic E-state index is 3.79. The van der Waals surface area contributed by atoms with Crippen LogP contribution in [0, 0.1) is 11.8 Å². The molecule has 2 unspecified atom stereocenters. The van der Waals surface area contributed by atoms with Crippen molar-refractivity contribution in [2.75, 3.05) is 6.54 Å². The third-order valence-electron chi connectivity index (χ3n) is 4.47. The van der Waals surface area contributed by atoms with Gasteiger partial charge in [-0.2, -0.15) is 0 Å². The van der Waals surface area contributed by atoms with E-state index in [1.54, 1.807) is 0 Å². The van der Waals surface area contributed by atoms with E-state index >= 15 is 0 Å². The Balaban J connectivity index is 1.54. The quantitative estimate of drug-likeness (QED) is 0.640. The molecule has 0 aromatic carbocycles. The van der Waals surface area contributed by atoms with Gasteiger partial charge in [-0.1, -0.05) is 39.0 Å². The van der Waals surface area contributed by atoms with Crippen LogP contribution >= 0.6 is 0 Å². The van der Waals surface area contributed by atoms with Gasteiger partial charge in [0.25, 0.3) is 0 Å². The molecule has 1 nitrogen and oxygen atoms in total. The molecule has 0 aliphatic heterocycles. The summed E-state index contributed by atoms with van der Waals surface area (Å²) < 4.78 is 0. The Morgan fingerprint density at radius 1 is 0.938 bits per heavy atom. The summed E-state index contributed by atoms with van der Waals surface area (Å²) in [7, 11) is 0. The summed E-state index contributed by atoms with van der Waals surface area (Å²) in [5.41, 5.74) is 0. The maximum Gasteiger partial charge on any atom is 0.00698 e. The minimum absolute atomic E-state index is 0.862. The molecule has 94 valence electrons. The summed E-state index contributed by atoms with van der Waals surface area (Å²) in [6, 6.07) is 0.862. The van der Waals surface area contributed by atoms with Crippen molar-refractivity contribution in [2.24, 2.45) is 11.8 Å². The summed E-state index contributed by atoms with van der Waals surface area (Å²) in [4.78, 5) is 0. The molecular formula is C15H29N. The highest BCUT2D eigenvalue weighted by Gasteiger charge is 2.34. The van der Waals surface area contributed by atoms with Crippen molar-refractivity contribution in [3.63, 3.8) is 0 Å². The van der Waals surface area contributed by atoms with Crippen LogP contribution in [-0.4, -0.2) is 12.6 Å². The topological polar surface area (TPSA) is 12.0 Å². The smallest absolute Gasteiger partial charge is 0.00698 e. The van der Waals surface area contributed by atoms with E-state index in [0.717, 1.165) is 17.9 Å². The molecule has 2 fully saturated rings. The Bertz CT molecular complexity index is 186. The van der Waals surface area contributed by atoms with Crippen LogP contribution in [-0.2, 0) is 0 Å². The summed E-state index contributed by atoms with van der Waals surface area (Å²) in [6.45, 7) is 3.55. The molecule has 2 aliphatic carbocycles. The highest BCUT2D eigenvalue weighted by atomic mass is 14.9. The van der Waals surface area contributed by atoms with Crippen molar-refractivity contribution in [3.8, 4) is 0 Å². The first-order valence-corrected chi connectivity index (χ1v) is 7.63. The molecule has 2 atom stereocenters. The van der Waals surface area contributed by atoms with E-state index in [9.17, 15) is 0 Å². The number of nitrogens with one attached hydrogen (secondary N) is 1. The third kappa shape index (κ3) is 4.08. The summed E-state index contributed by atoms with van der Waals surface area (Å²) >= 11 is 0. The fraction of sp³-hybridized carbons (Fsp3) is 1.00. The first kappa shape index (κ1) is 12.4. The molecular weight excluding hydrogens is 194 g/mol. The number of unbranched alkanes of at least 4 members (excludes halogenated alkanes) is 3. The van der Waals surface area contributed by atoms with E-state index in [-0.39, 0.29) is 0 Å². The minimum Gasteiger partial charge on any atom is -0.314 e. The monoisotopic (exact) mass is 223 g/mol. The summed E-state index contributed by atoms with van der Waals surface area (Å²) in [6.07, 6.45) is 14.6. The van der Waals surface area contributed by atoms with Crippen LogP contribution in [0.25, 0.3) is 0 Å². The molecule has 0 saturated heterocycles. The third-order valence-corrected chi connectivity index (χ3v) is 4.47. The second kappa shape index (κ2) is 6.64. The van der Waals surface area contributed by atoms with Gasteiger partial charge in [0.2, 0.25) is 0 Å². The highest BCUT2D eigenvalue weighted by molar-refractivity contribution is 4.87. The zero-order valence-electron chi connectivity index (χ0n) is 11.0. The Labute approximate surface area is 101 Å². The van der Waals surface area contributed by atoms with Gasteiger partial charge in [-0.25, -0.2) is 0 Å². The van der Waals surface area contributed by atoms with E-state index < -0.39 is 0 Å². The van der Waals surface area contributed by atoms with Crippen LogP contribution in [0.1, 0.15) is 71.1 Å². The Hall–Kier alpha value is -0.0400. The van der Waals surface area contributed by atoms with E-state index in [4.69, 9.17) is 0 Å². The van der Waals surface area contributed by atoms with Crippen LogP contribution in [0.5, 0.6) is 0 Å². The van der Waals surface area contributed by atoms with Gasteiger partial charge in [0.15, 0.2) is 0 Å². The van der Waals surface area contributed by atoms with Gasteiger partial charge in [-0.05, 0) is 50.5 Å². The predicted octanol–water partition coefficient (Wildman–Crippen LogP) is 4.13.